The lowest BCUT2D eigenvalue weighted by Crippen LogP contribution is -2.46. The van der Waals surface area contributed by atoms with Crippen LogP contribution in [-0.2, 0) is 11.3 Å². The Kier molecular flexibility index (Phi) is 4.57. The molecule has 2 aliphatic heterocycles. The van der Waals surface area contributed by atoms with Gasteiger partial charge in [-0.25, -0.2) is 6.57 Å². The zero-order valence-electron chi connectivity index (χ0n) is 12.6. The number of benzene rings is 1. The standard InChI is InChI=1S/C18H24N2O/c1-19-18(9-13-21-14-10-18)17-7-11-20(12-8-17)15-16-5-3-2-4-6-16/h2-6,17H,7-15H2. The van der Waals surface area contributed by atoms with Gasteiger partial charge in [0.25, 0.3) is 0 Å². The number of piperidine rings is 1. The van der Waals surface area contributed by atoms with Crippen LogP contribution in [0.25, 0.3) is 4.85 Å². The summed E-state index contributed by atoms with van der Waals surface area (Å²) in [6.45, 7) is 12.5. The van der Waals surface area contributed by atoms with Crippen LogP contribution < -0.4 is 0 Å². The number of ether oxygens (including phenoxy) is 1. The van der Waals surface area contributed by atoms with Gasteiger partial charge in [-0.05, 0) is 31.5 Å². The molecule has 0 bridgehead atoms. The quantitative estimate of drug-likeness (QED) is 0.792. The van der Waals surface area contributed by atoms with Crippen molar-refractivity contribution in [3.8, 4) is 0 Å². The highest BCUT2D eigenvalue weighted by Gasteiger charge is 2.47. The third kappa shape index (κ3) is 3.28. The van der Waals surface area contributed by atoms with Gasteiger partial charge >= 0.3 is 0 Å². The Labute approximate surface area is 127 Å². The van der Waals surface area contributed by atoms with Gasteiger partial charge in [0, 0.05) is 25.3 Å². The van der Waals surface area contributed by atoms with Gasteiger partial charge < -0.3 is 9.58 Å². The Hall–Kier alpha value is -1.37. The lowest BCUT2D eigenvalue weighted by atomic mass is 9.73. The molecule has 112 valence electrons. The molecule has 0 atom stereocenters. The average molecular weight is 284 g/mol. The minimum absolute atomic E-state index is 0.128. The van der Waals surface area contributed by atoms with Crippen LogP contribution in [0.15, 0.2) is 30.3 Å². The molecule has 2 saturated heterocycles. The van der Waals surface area contributed by atoms with Gasteiger partial charge in [0.1, 0.15) is 0 Å². The molecule has 21 heavy (non-hydrogen) atoms. The Morgan fingerprint density at radius 3 is 2.43 bits per heavy atom. The zero-order valence-corrected chi connectivity index (χ0v) is 12.6. The van der Waals surface area contributed by atoms with Crippen LogP contribution in [0, 0.1) is 12.5 Å². The first-order valence-electron chi connectivity index (χ1n) is 8.05. The summed E-state index contributed by atoms with van der Waals surface area (Å²) >= 11 is 0. The van der Waals surface area contributed by atoms with E-state index < -0.39 is 0 Å². The van der Waals surface area contributed by atoms with Crippen molar-refractivity contribution in [2.45, 2.75) is 37.8 Å². The first kappa shape index (κ1) is 14.6. The largest absolute Gasteiger partial charge is 0.381 e. The molecular weight excluding hydrogens is 260 g/mol. The first-order valence-corrected chi connectivity index (χ1v) is 8.05. The molecule has 2 heterocycles. The molecule has 0 aliphatic carbocycles. The van der Waals surface area contributed by atoms with E-state index in [-0.39, 0.29) is 5.54 Å². The molecule has 0 amide bonds. The number of rotatable bonds is 3. The van der Waals surface area contributed by atoms with Crippen molar-refractivity contribution >= 4 is 0 Å². The van der Waals surface area contributed by atoms with Crippen LogP contribution in [0.2, 0.25) is 0 Å². The summed E-state index contributed by atoms with van der Waals surface area (Å²) in [6.07, 6.45) is 4.18. The van der Waals surface area contributed by atoms with E-state index in [1.54, 1.807) is 0 Å². The van der Waals surface area contributed by atoms with E-state index in [4.69, 9.17) is 11.3 Å². The van der Waals surface area contributed by atoms with Crippen molar-refractivity contribution in [2.24, 2.45) is 5.92 Å². The molecule has 1 aromatic rings. The molecule has 0 radical (unpaired) electrons. The third-order valence-corrected chi connectivity index (χ3v) is 5.18. The van der Waals surface area contributed by atoms with Crippen molar-refractivity contribution in [1.82, 2.24) is 4.90 Å². The SMILES string of the molecule is [C-]#[N+]C1(C2CCN(Cc3ccccc3)CC2)CCOCC1. The fraction of sp³-hybridized carbons (Fsp3) is 0.611. The second kappa shape index (κ2) is 6.60. The fourth-order valence-corrected chi connectivity index (χ4v) is 3.81. The maximum atomic E-state index is 7.67. The average Bonchev–Trinajstić information content (AvgIpc) is 2.57. The van der Waals surface area contributed by atoms with Crippen LogP contribution in [0.5, 0.6) is 0 Å². The van der Waals surface area contributed by atoms with E-state index in [1.165, 1.54) is 5.56 Å². The Balaban J connectivity index is 1.56. The van der Waals surface area contributed by atoms with E-state index in [0.29, 0.717) is 5.92 Å². The number of hydrogen-bond acceptors (Lipinski definition) is 2. The van der Waals surface area contributed by atoms with E-state index in [0.717, 1.165) is 58.5 Å². The second-order valence-corrected chi connectivity index (χ2v) is 6.36. The van der Waals surface area contributed by atoms with Crippen molar-refractivity contribution in [3.63, 3.8) is 0 Å². The van der Waals surface area contributed by atoms with Gasteiger partial charge in [-0.2, -0.15) is 0 Å². The molecule has 2 fully saturated rings. The lowest BCUT2D eigenvalue weighted by Gasteiger charge is -2.39. The molecule has 2 aliphatic rings. The normalized spacial score (nSPS) is 23.6. The van der Waals surface area contributed by atoms with Gasteiger partial charge in [0.15, 0.2) is 0 Å². The molecule has 0 unspecified atom stereocenters. The monoisotopic (exact) mass is 284 g/mol. The summed E-state index contributed by atoms with van der Waals surface area (Å²) in [5.41, 5.74) is 1.26. The van der Waals surface area contributed by atoms with Crippen LogP contribution in [0.1, 0.15) is 31.2 Å². The molecule has 0 saturated carbocycles. The first-order chi connectivity index (χ1) is 10.3. The number of likely N-dealkylation sites (tertiary alicyclic amines) is 1. The highest BCUT2D eigenvalue weighted by Crippen LogP contribution is 2.39. The van der Waals surface area contributed by atoms with Gasteiger partial charge in [-0.15, -0.1) is 0 Å². The van der Waals surface area contributed by atoms with Crippen molar-refractivity contribution in [3.05, 3.63) is 47.3 Å². The lowest BCUT2D eigenvalue weighted by molar-refractivity contribution is 0.0284. The van der Waals surface area contributed by atoms with Crippen molar-refractivity contribution < 1.29 is 4.74 Å². The Morgan fingerprint density at radius 1 is 1.14 bits per heavy atom. The van der Waals surface area contributed by atoms with Gasteiger partial charge in [-0.3, -0.25) is 4.90 Å². The summed E-state index contributed by atoms with van der Waals surface area (Å²) in [4.78, 5) is 6.59. The smallest absolute Gasteiger partial charge is 0.239 e. The minimum atomic E-state index is -0.128. The summed E-state index contributed by atoms with van der Waals surface area (Å²) < 4.78 is 5.46. The zero-order chi connectivity index (χ0) is 14.5. The summed E-state index contributed by atoms with van der Waals surface area (Å²) in [5, 5.41) is 0. The summed E-state index contributed by atoms with van der Waals surface area (Å²) in [6, 6.07) is 10.7. The molecular formula is C18H24N2O. The highest BCUT2D eigenvalue weighted by atomic mass is 16.5. The highest BCUT2D eigenvalue weighted by molar-refractivity contribution is 5.14. The third-order valence-electron chi connectivity index (χ3n) is 5.18. The van der Waals surface area contributed by atoms with E-state index >= 15 is 0 Å². The number of hydrogen-bond donors (Lipinski definition) is 0. The second-order valence-electron chi connectivity index (χ2n) is 6.36. The summed E-state index contributed by atoms with van der Waals surface area (Å²) in [5.74, 6) is 0.561. The van der Waals surface area contributed by atoms with Gasteiger partial charge in [0.2, 0.25) is 5.54 Å². The predicted octanol–water partition coefficient (Wildman–Crippen LogP) is 3.37. The molecule has 0 aromatic heterocycles. The van der Waals surface area contributed by atoms with Crippen LogP contribution >= 0.6 is 0 Å². The van der Waals surface area contributed by atoms with E-state index in [9.17, 15) is 0 Å². The Bertz CT molecular complexity index is 480. The Morgan fingerprint density at radius 2 is 1.81 bits per heavy atom. The molecule has 3 nitrogen and oxygen atoms in total. The van der Waals surface area contributed by atoms with Crippen LogP contribution in [0.4, 0.5) is 0 Å². The molecule has 0 spiro atoms. The predicted molar refractivity (Wildman–Crippen MR) is 83.8 cm³/mol. The topological polar surface area (TPSA) is 16.8 Å². The van der Waals surface area contributed by atoms with Crippen LogP contribution in [0.3, 0.4) is 0 Å². The molecule has 3 rings (SSSR count). The fourth-order valence-electron chi connectivity index (χ4n) is 3.81. The van der Waals surface area contributed by atoms with Gasteiger partial charge in [0.05, 0.1) is 13.2 Å². The van der Waals surface area contributed by atoms with Crippen molar-refractivity contribution in [2.75, 3.05) is 26.3 Å². The molecule has 0 N–H and O–H groups in total. The summed E-state index contributed by atoms with van der Waals surface area (Å²) in [7, 11) is 0. The minimum Gasteiger partial charge on any atom is -0.381 e. The maximum Gasteiger partial charge on any atom is 0.239 e. The molecule has 1 aromatic carbocycles. The van der Waals surface area contributed by atoms with E-state index in [2.05, 4.69) is 40.1 Å². The van der Waals surface area contributed by atoms with Crippen LogP contribution in [-0.4, -0.2) is 36.7 Å². The van der Waals surface area contributed by atoms with Gasteiger partial charge in [-0.1, -0.05) is 30.3 Å². The van der Waals surface area contributed by atoms with E-state index in [1.807, 2.05) is 0 Å². The van der Waals surface area contributed by atoms with Crippen molar-refractivity contribution in [1.29, 1.82) is 0 Å². The maximum absolute atomic E-state index is 7.67. The molecule has 3 heteroatoms. The number of nitrogens with zero attached hydrogens (tertiary/aromatic N) is 2.